The van der Waals surface area contributed by atoms with Gasteiger partial charge in [-0.3, -0.25) is 14.8 Å². The van der Waals surface area contributed by atoms with Gasteiger partial charge in [0.1, 0.15) is 11.6 Å². The number of aromatic nitrogens is 4. The fourth-order valence-corrected chi connectivity index (χ4v) is 3.93. The van der Waals surface area contributed by atoms with Crippen molar-refractivity contribution in [2.45, 2.75) is 6.42 Å². The summed E-state index contributed by atoms with van der Waals surface area (Å²) in [5.74, 6) is 0.393. The van der Waals surface area contributed by atoms with Crippen LogP contribution in [0.3, 0.4) is 0 Å². The summed E-state index contributed by atoms with van der Waals surface area (Å²) in [6.45, 7) is 3.73. The van der Waals surface area contributed by atoms with Gasteiger partial charge in [0.15, 0.2) is 5.78 Å². The Balaban J connectivity index is 1.36. The van der Waals surface area contributed by atoms with Gasteiger partial charge in [0.25, 0.3) is 0 Å². The van der Waals surface area contributed by atoms with E-state index in [2.05, 4.69) is 36.8 Å². The number of carbonyl (C=O) groups is 1. The molecule has 8 heteroatoms. The molecule has 1 aliphatic heterocycles. The number of halogens is 1. The third kappa shape index (κ3) is 4.70. The minimum Gasteiger partial charge on any atom is -0.354 e. The summed E-state index contributed by atoms with van der Waals surface area (Å²) in [7, 11) is 2.11. The van der Waals surface area contributed by atoms with Crippen LogP contribution in [0.1, 0.15) is 16.1 Å². The van der Waals surface area contributed by atoms with Crippen molar-refractivity contribution in [3.8, 4) is 11.3 Å². The zero-order valence-corrected chi connectivity index (χ0v) is 18.3. The zero-order chi connectivity index (χ0) is 22.8. The van der Waals surface area contributed by atoms with Gasteiger partial charge in [0, 0.05) is 61.3 Å². The first-order valence-corrected chi connectivity index (χ1v) is 10.8. The molecule has 0 unspecified atom stereocenters. The molecule has 0 radical (unpaired) electrons. The number of carbonyl (C=O) groups excluding carboxylic acids is 1. The van der Waals surface area contributed by atoms with Crippen LogP contribution in [0.15, 0.2) is 61.2 Å². The summed E-state index contributed by atoms with van der Waals surface area (Å²) in [4.78, 5) is 34.9. The van der Waals surface area contributed by atoms with E-state index in [9.17, 15) is 9.18 Å². The Morgan fingerprint density at radius 2 is 1.85 bits per heavy atom. The lowest BCUT2D eigenvalue weighted by atomic mass is 10.1. The third-order valence-electron chi connectivity index (χ3n) is 5.87. The van der Waals surface area contributed by atoms with Crippen molar-refractivity contribution in [2.24, 2.45) is 0 Å². The lowest BCUT2D eigenvalue weighted by molar-refractivity contribution is 0.0992. The predicted octanol–water partition coefficient (Wildman–Crippen LogP) is 3.40. The van der Waals surface area contributed by atoms with Crippen LogP contribution in [0.4, 0.5) is 10.2 Å². The molecule has 0 aromatic carbocycles. The number of likely N-dealkylation sites (N-methyl/N-ethyl adjacent to an activating group) is 1. The van der Waals surface area contributed by atoms with Gasteiger partial charge < -0.3 is 9.80 Å². The van der Waals surface area contributed by atoms with E-state index in [0.717, 1.165) is 43.6 Å². The van der Waals surface area contributed by atoms with E-state index in [1.807, 2.05) is 24.3 Å². The molecule has 0 amide bonds. The molecule has 0 aliphatic carbocycles. The number of Topliss-reactive ketones (excluding diaryl/α,β-unsaturated/α-hetero) is 1. The van der Waals surface area contributed by atoms with Crippen LogP contribution in [-0.4, -0.2) is 63.8 Å². The van der Waals surface area contributed by atoms with Crippen molar-refractivity contribution >= 4 is 22.5 Å². The molecule has 4 aromatic heterocycles. The smallest absolute Gasteiger partial charge is 0.169 e. The van der Waals surface area contributed by atoms with E-state index in [1.165, 1.54) is 6.07 Å². The van der Waals surface area contributed by atoms with Crippen LogP contribution in [-0.2, 0) is 6.42 Å². The quantitative estimate of drug-likeness (QED) is 0.439. The molecule has 5 heterocycles. The SMILES string of the molecule is CN1CCN(c2cc(C(=O)Cc3cc4nc(-c5cncc(F)c5)ccc4cn3)ccn2)CC1. The number of fused-ring (bicyclic) bond motifs is 1. The Hall–Kier alpha value is -3.78. The third-order valence-corrected chi connectivity index (χ3v) is 5.87. The molecule has 5 rings (SSSR count). The lowest BCUT2D eigenvalue weighted by Crippen LogP contribution is -2.44. The molecular formula is C25H23FN6O. The molecule has 0 saturated carbocycles. The highest BCUT2D eigenvalue weighted by Crippen LogP contribution is 2.22. The van der Waals surface area contributed by atoms with Gasteiger partial charge in [-0.2, -0.15) is 0 Å². The first-order chi connectivity index (χ1) is 16.0. The number of nitrogens with zero attached hydrogens (tertiary/aromatic N) is 6. The van der Waals surface area contributed by atoms with E-state index < -0.39 is 5.82 Å². The Kier molecular flexibility index (Phi) is 5.75. The summed E-state index contributed by atoms with van der Waals surface area (Å²) < 4.78 is 13.6. The van der Waals surface area contributed by atoms with Crippen molar-refractivity contribution in [3.63, 3.8) is 0 Å². The molecule has 1 fully saturated rings. The summed E-state index contributed by atoms with van der Waals surface area (Å²) >= 11 is 0. The number of piperazine rings is 1. The van der Waals surface area contributed by atoms with Crippen LogP contribution in [0, 0.1) is 5.82 Å². The fraction of sp³-hybridized carbons (Fsp3) is 0.240. The van der Waals surface area contributed by atoms with Crippen LogP contribution in [0.2, 0.25) is 0 Å². The molecule has 0 atom stereocenters. The van der Waals surface area contributed by atoms with Gasteiger partial charge in [-0.05, 0) is 43.4 Å². The average Bonchev–Trinajstić information content (AvgIpc) is 2.84. The van der Waals surface area contributed by atoms with E-state index in [-0.39, 0.29) is 12.2 Å². The number of rotatable bonds is 5. The molecule has 0 N–H and O–H groups in total. The second-order valence-electron chi connectivity index (χ2n) is 8.25. The molecule has 33 heavy (non-hydrogen) atoms. The van der Waals surface area contributed by atoms with Crippen LogP contribution in [0.5, 0.6) is 0 Å². The summed E-state index contributed by atoms with van der Waals surface area (Å²) in [6.07, 6.45) is 6.29. The van der Waals surface area contributed by atoms with E-state index in [0.29, 0.717) is 28.0 Å². The monoisotopic (exact) mass is 442 g/mol. The second-order valence-corrected chi connectivity index (χ2v) is 8.25. The highest BCUT2D eigenvalue weighted by molar-refractivity contribution is 5.98. The minimum absolute atomic E-state index is 0.0230. The predicted molar refractivity (Wildman–Crippen MR) is 125 cm³/mol. The number of hydrogen-bond acceptors (Lipinski definition) is 7. The Labute approximate surface area is 191 Å². The molecule has 0 spiro atoms. The summed E-state index contributed by atoms with van der Waals surface area (Å²) in [5, 5.41) is 0.848. The van der Waals surface area contributed by atoms with Gasteiger partial charge >= 0.3 is 0 Å². The van der Waals surface area contributed by atoms with E-state index >= 15 is 0 Å². The number of anilines is 1. The fourth-order valence-electron chi connectivity index (χ4n) is 3.93. The van der Waals surface area contributed by atoms with E-state index in [1.54, 1.807) is 24.7 Å². The molecule has 1 saturated heterocycles. The van der Waals surface area contributed by atoms with Gasteiger partial charge in [0.05, 0.1) is 29.5 Å². The van der Waals surface area contributed by atoms with Gasteiger partial charge in [-0.1, -0.05) is 0 Å². The summed E-state index contributed by atoms with van der Waals surface area (Å²) in [6, 6.07) is 10.5. The van der Waals surface area contributed by atoms with Crippen molar-refractivity contribution in [3.05, 3.63) is 78.3 Å². The molecule has 0 bridgehead atoms. The largest absolute Gasteiger partial charge is 0.354 e. The average molecular weight is 442 g/mol. The van der Waals surface area contributed by atoms with Crippen molar-refractivity contribution in [1.82, 2.24) is 24.8 Å². The Morgan fingerprint density at radius 1 is 1.00 bits per heavy atom. The van der Waals surface area contributed by atoms with Gasteiger partial charge in [-0.25, -0.2) is 14.4 Å². The highest BCUT2D eigenvalue weighted by atomic mass is 19.1. The summed E-state index contributed by atoms with van der Waals surface area (Å²) in [5.41, 5.74) is 3.16. The highest BCUT2D eigenvalue weighted by Gasteiger charge is 2.17. The van der Waals surface area contributed by atoms with E-state index in [4.69, 9.17) is 0 Å². The van der Waals surface area contributed by atoms with Gasteiger partial charge in [-0.15, -0.1) is 0 Å². The van der Waals surface area contributed by atoms with Crippen LogP contribution < -0.4 is 4.90 Å². The molecule has 1 aliphatic rings. The Bertz CT molecular complexity index is 1320. The van der Waals surface area contributed by atoms with Crippen molar-refractivity contribution in [2.75, 3.05) is 38.1 Å². The minimum atomic E-state index is -0.413. The van der Waals surface area contributed by atoms with Gasteiger partial charge in [0.2, 0.25) is 0 Å². The molecule has 4 aromatic rings. The molecule has 7 nitrogen and oxygen atoms in total. The number of ketones is 1. The maximum atomic E-state index is 13.6. The topological polar surface area (TPSA) is 75.1 Å². The first-order valence-electron chi connectivity index (χ1n) is 10.8. The zero-order valence-electron chi connectivity index (χ0n) is 18.3. The van der Waals surface area contributed by atoms with Crippen LogP contribution in [0.25, 0.3) is 22.2 Å². The van der Waals surface area contributed by atoms with Crippen molar-refractivity contribution < 1.29 is 9.18 Å². The number of pyridine rings is 4. The maximum Gasteiger partial charge on any atom is 0.169 e. The van der Waals surface area contributed by atoms with Crippen molar-refractivity contribution in [1.29, 1.82) is 0 Å². The maximum absolute atomic E-state index is 13.6. The Morgan fingerprint density at radius 3 is 2.67 bits per heavy atom. The number of hydrogen-bond donors (Lipinski definition) is 0. The standard InChI is InChI=1S/C25H23FN6O/c1-31-6-8-32(9-7-31)25-11-17(4-5-28-25)24(33)13-21-12-23-18(15-29-21)2-3-22(30-23)19-10-20(26)16-27-14-19/h2-5,10-12,14-16H,6-9,13H2,1H3. The molecule has 166 valence electrons. The van der Waals surface area contributed by atoms with Crippen LogP contribution >= 0.6 is 0 Å². The molecular weight excluding hydrogens is 419 g/mol. The first kappa shape index (κ1) is 21.1. The second kappa shape index (κ2) is 8.99. The lowest BCUT2D eigenvalue weighted by Gasteiger charge is -2.33. The normalized spacial score (nSPS) is 14.5.